The number of methoxy groups -OCH3 is 1. The number of hydrogen-bond acceptors (Lipinski definition) is 5. The molecule has 0 amide bonds. The Morgan fingerprint density at radius 1 is 0.767 bits per heavy atom. The number of hydrogen-bond donors (Lipinski definition) is 0. The van der Waals surface area contributed by atoms with Crippen molar-refractivity contribution in [2.24, 2.45) is 4.99 Å². The lowest BCUT2D eigenvalue weighted by Gasteiger charge is -2.43. The average molecular weight is 591 g/mol. The van der Waals surface area contributed by atoms with E-state index in [9.17, 15) is 9.59 Å². The topological polar surface area (TPSA) is 59.0 Å². The quantitative estimate of drug-likeness (QED) is 0.176. The molecule has 0 saturated heterocycles. The van der Waals surface area contributed by atoms with Crippen LogP contribution in [-0.2, 0) is 15.6 Å². The van der Waals surface area contributed by atoms with E-state index in [4.69, 9.17) is 21.3 Å². The van der Waals surface area contributed by atoms with Gasteiger partial charge in [0.25, 0.3) is 0 Å². The van der Waals surface area contributed by atoms with Crippen molar-refractivity contribution in [2.75, 3.05) is 19.1 Å². The Labute approximate surface area is 258 Å². The molecule has 0 aromatic heterocycles. The van der Waals surface area contributed by atoms with Gasteiger partial charge in [0.15, 0.2) is 5.78 Å². The fourth-order valence-electron chi connectivity index (χ4n) is 6.29. The number of anilines is 2. The summed E-state index contributed by atoms with van der Waals surface area (Å²) in [4.78, 5) is 33.1. The first-order chi connectivity index (χ1) is 20.4. The van der Waals surface area contributed by atoms with Gasteiger partial charge in [-0.2, -0.15) is 0 Å². The van der Waals surface area contributed by atoms with Crippen LogP contribution in [0.15, 0.2) is 83.9 Å². The van der Waals surface area contributed by atoms with E-state index in [1.54, 1.807) is 36.4 Å². The molecule has 1 heterocycles. The number of ketones is 1. The van der Waals surface area contributed by atoms with Gasteiger partial charge in [-0.05, 0) is 102 Å². The summed E-state index contributed by atoms with van der Waals surface area (Å²) in [6.45, 7) is 9.29. The van der Waals surface area contributed by atoms with E-state index in [2.05, 4.69) is 51.8 Å². The Morgan fingerprint density at radius 2 is 1.35 bits per heavy atom. The van der Waals surface area contributed by atoms with Gasteiger partial charge in [0.05, 0.1) is 35.4 Å². The molecule has 0 fully saturated rings. The smallest absolute Gasteiger partial charge is 0.337 e. The highest BCUT2D eigenvalue weighted by molar-refractivity contribution is 6.30. The molecule has 0 spiro atoms. The van der Waals surface area contributed by atoms with Crippen LogP contribution in [0.3, 0.4) is 0 Å². The van der Waals surface area contributed by atoms with E-state index < -0.39 is 0 Å². The van der Waals surface area contributed by atoms with Crippen LogP contribution in [0.1, 0.15) is 89.1 Å². The van der Waals surface area contributed by atoms with Crippen LogP contribution in [0.5, 0.6) is 0 Å². The molecule has 43 heavy (non-hydrogen) atoms. The molecule has 0 unspecified atom stereocenters. The second kappa shape index (κ2) is 10.5. The third-order valence-corrected chi connectivity index (χ3v) is 9.35. The lowest BCUT2D eigenvalue weighted by Crippen LogP contribution is -2.34. The summed E-state index contributed by atoms with van der Waals surface area (Å²) in [6.07, 6.45) is 2.20. The van der Waals surface area contributed by atoms with Crippen LogP contribution in [0, 0.1) is 0 Å². The lowest BCUT2D eigenvalue weighted by molar-refractivity contribution is 0.0600. The van der Waals surface area contributed by atoms with Crippen LogP contribution in [0.25, 0.3) is 0 Å². The first kappa shape index (κ1) is 28.9. The molecule has 0 N–H and O–H groups in total. The third kappa shape index (κ3) is 5.06. The van der Waals surface area contributed by atoms with Gasteiger partial charge in [-0.15, -0.1) is 0 Å². The summed E-state index contributed by atoms with van der Waals surface area (Å²) in [6, 6.07) is 24.7. The summed E-state index contributed by atoms with van der Waals surface area (Å²) in [5.41, 5.74) is 9.64. The van der Waals surface area contributed by atoms with Crippen molar-refractivity contribution in [1.82, 2.24) is 0 Å². The molecule has 1 aliphatic heterocycles. The first-order valence-electron chi connectivity index (χ1n) is 14.5. The second-order valence-corrected chi connectivity index (χ2v) is 13.2. The maximum Gasteiger partial charge on any atom is 0.337 e. The standard InChI is InChI=1S/C37H35ClN2O3/c1-36(2)17-18-37(3,4)29-21-32-27(20-28(29)36)33(22-7-9-24(10-8-22)35(42)43-6)39-30-19-25(13-16-31(30)40(32)5)34(41)23-11-14-26(38)15-12-23/h7-16,19-21H,17-18H2,1-6H3. The van der Waals surface area contributed by atoms with Crippen molar-refractivity contribution in [2.45, 2.75) is 51.4 Å². The largest absolute Gasteiger partial charge is 0.465 e. The monoisotopic (exact) mass is 590 g/mol. The van der Waals surface area contributed by atoms with Crippen molar-refractivity contribution in [1.29, 1.82) is 0 Å². The minimum atomic E-state index is -0.386. The first-order valence-corrected chi connectivity index (χ1v) is 14.9. The lowest BCUT2D eigenvalue weighted by atomic mass is 9.62. The number of nitrogens with zero attached hydrogens (tertiary/aromatic N) is 2. The Hall–Kier alpha value is -4.22. The number of carbonyl (C=O) groups is 2. The van der Waals surface area contributed by atoms with Gasteiger partial charge >= 0.3 is 5.97 Å². The zero-order valence-corrected chi connectivity index (χ0v) is 26.2. The Kier molecular flexibility index (Phi) is 7.05. The Bertz CT molecular complexity index is 1800. The molecule has 2 aliphatic rings. The second-order valence-electron chi connectivity index (χ2n) is 12.8. The average Bonchev–Trinajstić information content (AvgIpc) is 3.12. The van der Waals surface area contributed by atoms with Gasteiger partial charge in [-0.1, -0.05) is 51.4 Å². The van der Waals surface area contributed by atoms with Gasteiger partial charge in [0.1, 0.15) is 0 Å². The van der Waals surface area contributed by atoms with Gasteiger partial charge in [-0.3, -0.25) is 4.79 Å². The number of aliphatic imine (C=N–C) groups is 1. The third-order valence-electron chi connectivity index (χ3n) is 9.10. The number of carbonyl (C=O) groups excluding carboxylic acids is 2. The van der Waals surface area contributed by atoms with Crippen LogP contribution >= 0.6 is 11.6 Å². The summed E-state index contributed by atoms with van der Waals surface area (Å²) in [7, 11) is 3.44. The fourth-order valence-corrected chi connectivity index (χ4v) is 6.41. The summed E-state index contributed by atoms with van der Waals surface area (Å²) >= 11 is 6.07. The zero-order valence-electron chi connectivity index (χ0n) is 25.4. The van der Waals surface area contributed by atoms with E-state index in [-0.39, 0.29) is 22.6 Å². The minimum absolute atomic E-state index is 0.00955. The van der Waals surface area contributed by atoms with Crippen molar-refractivity contribution in [3.05, 3.63) is 123 Å². The van der Waals surface area contributed by atoms with E-state index >= 15 is 0 Å². The molecule has 0 bridgehead atoms. The molecule has 0 saturated carbocycles. The molecule has 0 atom stereocenters. The Balaban J connectivity index is 1.58. The van der Waals surface area contributed by atoms with E-state index in [1.165, 1.54) is 18.2 Å². The maximum atomic E-state index is 13.5. The zero-order chi connectivity index (χ0) is 30.7. The fraction of sp³-hybridized carbons (Fsp3) is 0.270. The highest BCUT2D eigenvalue weighted by Gasteiger charge is 2.39. The summed E-state index contributed by atoms with van der Waals surface area (Å²) in [5, 5.41) is 0.583. The van der Waals surface area contributed by atoms with E-state index in [1.807, 2.05) is 30.3 Å². The van der Waals surface area contributed by atoms with Gasteiger partial charge in [-0.25, -0.2) is 9.79 Å². The normalized spacial score (nSPS) is 16.3. The van der Waals surface area contributed by atoms with Crippen LogP contribution in [-0.4, -0.2) is 31.6 Å². The maximum absolute atomic E-state index is 13.5. The molecule has 6 rings (SSSR count). The Morgan fingerprint density at radius 3 is 1.98 bits per heavy atom. The van der Waals surface area contributed by atoms with Crippen molar-refractivity contribution < 1.29 is 14.3 Å². The number of fused-ring (bicyclic) bond motifs is 3. The van der Waals surface area contributed by atoms with Crippen LogP contribution in [0.2, 0.25) is 5.02 Å². The number of benzene rings is 4. The highest BCUT2D eigenvalue weighted by Crippen LogP contribution is 2.50. The molecule has 4 aromatic rings. The van der Waals surface area contributed by atoms with Crippen molar-refractivity contribution in [3.63, 3.8) is 0 Å². The van der Waals surface area contributed by atoms with Crippen molar-refractivity contribution in [3.8, 4) is 0 Å². The van der Waals surface area contributed by atoms with Gasteiger partial charge in [0.2, 0.25) is 0 Å². The van der Waals surface area contributed by atoms with Gasteiger partial charge < -0.3 is 9.64 Å². The summed E-state index contributed by atoms with van der Waals surface area (Å²) < 4.78 is 4.93. The number of esters is 1. The van der Waals surface area contributed by atoms with Gasteiger partial charge in [0, 0.05) is 34.3 Å². The molecule has 5 nitrogen and oxygen atoms in total. The molecule has 0 radical (unpaired) electrons. The van der Waals surface area contributed by atoms with E-state index in [0.29, 0.717) is 27.4 Å². The highest BCUT2D eigenvalue weighted by atomic mass is 35.5. The van der Waals surface area contributed by atoms with Crippen molar-refractivity contribution >= 4 is 46.1 Å². The molecule has 1 aliphatic carbocycles. The van der Waals surface area contributed by atoms with Crippen LogP contribution in [0.4, 0.5) is 17.1 Å². The number of rotatable bonds is 4. The predicted octanol–water partition coefficient (Wildman–Crippen LogP) is 8.96. The number of halogens is 1. The molecule has 6 heteroatoms. The minimum Gasteiger partial charge on any atom is -0.465 e. The molecular formula is C37H35ClN2O3. The SMILES string of the molecule is COC(=O)c1ccc(C2=Nc3cc(C(=O)c4ccc(Cl)cc4)ccc3N(C)c3cc4c(cc32)C(C)(C)CCC4(C)C)cc1. The molecular weight excluding hydrogens is 556 g/mol. The predicted molar refractivity (Wildman–Crippen MR) is 174 cm³/mol. The molecule has 4 aromatic carbocycles. The molecule has 218 valence electrons. The number of ether oxygens (including phenoxy) is 1. The van der Waals surface area contributed by atoms with Crippen LogP contribution < -0.4 is 4.90 Å². The summed E-state index contributed by atoms with van der Waals surface area (Å²) in [5.74, 6) is -0.481. The van der Waals surface area contributed by atoms with E-state index in [0.717, 1.165) is 41.1 Å².